The first-order valence-corrected chi connectivity index (χ1v) is 8.85. The van der Waals surface area contributed by atoms with E-state index in [0.29, 0.717) is 5.56 Å². The van der Waals surface area contributed by atoms with Crippen molar-refractivity contribution in [3.63, 3.8) is 0 Å². The molecule has 1 heterocycles. The van der Waals surface area contributed by atoms with Gasteiger partial charge in [-0.2, -0.15) is 0 Å². The van der Waals surface area contributed by atoms with Crippen LogP contribution in [0.15, 0.2) is 60.3 Å². The van der Waals surface area contributed by atoms with E-state index in [1.165, 1.54) is 22.9 Å². The third kappa shape index (κ3) is 3.64. The Morgan fingerprint density at radius 1 is 1.35 bits per heavy atom. The summed E-state index contributed by atoms with van der Waals surface area (Å²) in [4.78, 5) is 17.0. The second-order valence-electron chi connectivity index (χ2n) is 5.57. The number of carbonyl (C=O) groups is 1. The number of thioether (sulfide) groups is 1. The Morgan fingerprint density at radius 2 is 2.22 bits per heavy atom. The van der Waals surface area contributed by atoms with E-state index in [-0.39, 0.29) is 11.9 Å². The summed E-state index contributed by atoms with van der Waals surface area (Å²) < 4.78 is 0. The lowest BCUT2D eigenvalue weighted by Crippen LogP contribution is -2.31. The monoisotopic (exact) mass is 324 g/mol. The van der Waals surface area contributed by atoms with Crippen LogP contribution >= 0.6 is 11.8 Å². The highest BCUT2D eigenvalue weighted by Gasteiger charge is 2.23. The predicted octanol–water partition coefficient (Wildman–Crippen LogP) is 4.17. The van der Waals surface area contributed by atoms with Crippen molar-refractivity contribution in [1.82, 2.24) is 10.3 Å². The molecule has 1 amide bonds. The maximum atomic E-state index is 12.7. The molecular weight excluding hydrogens is 304 g/mol. The molecule has 1 atom stereocenters. The fraction of sp³-hybridized carbons (Fsp3) is 0.263. The van der Waals surface area contributed by atoms with Crippen LogP contribution in [0, 0.1) is 0 Å². The van der Waals surface area contributed by atoms with Gasteiger partial charge in [-0.25, -0.2) is 4.98 Å². The Bertz CT molecular complexity index is 714. The summed E-state index contributed by atoms with van der Waals surface area (Å²) in [5.74, 6) is 0.690. The zero-order valence-electron chi connectivity index (χ0n) is 13.0. The van der Waals surface area contributed by atoms with Crippen LogP contribution in [0.2, 0.25) is 0 Å². The van der Waals surface area contributed by atoms with Gasteiger partial charge in [-0.1, -0.05) is 30.3 Å². The summed E-state index contributed by atoms with van der Waals surface area (Å²) >= 11 is 1.53. The predicted molar refractivity (Wildman–Crippen MR) is 94.7 cm³/mol. The molecule has 1 aliphatic rings. The number of nitrogens with zero attached hydrogens (tertiary/aromatic N) is 1. The number of pyridine rings is 1. The minimum Gasteiger partial charge on any atom is -0.345 e. The van der Waals surface area contributed by atoms with Crippen molar-refractivity contribution in [1.29, 1.82) is 0 Å². The number of rotatable bonds is 5. The Balaban J connectivity index is 1.79. The second-order valence-corrected chi connectivity index (χ2v) is 6.58. The average molecular weight is 324 g/mol. The third-order valence-corrected chi connectivity index (χ3v) is 5.03. The van der Waals surface area contributed by atoms with E-state index in [4.69, 9.17) is 0 Å². The fourth-order valence-electron chi connectivity index (χ4n) is 2.96. The van der Waals surface area contributed by atoms with E-state index in [2.05, 4.69) is 35.1 Å². The zero-order valence-corrected chi connectivity index (χ0v) is 13.8. The molecule has 2 aromatic rings. The highest BCUT2D eigenvalue weighted by molar-refractivity contribution is 7.99. The van der Waals surface area contributed by atoms with E-state index in [9.17, 15) is 4.79 Å². The van der Waals surface area contributed by atoms with Crippen LogP contribution < -0.4 is 5.32 Å². The van der Waals surface area contributed by atoms with Crippen molar-refractivity contribution < 1.29 is 4.79 Å². The van der Waals surface area contributed by atoms with Crippen molar-refractivity contribution in [2.75, 3.05) is 5.75 Å². The van der Waals surface area contributed by atoms with Crippen molar-refractivity contribution in [3.05, 3.63) is 71.9 Å². The number of fused-ring (bicyclic) bond motifs is 1. The van der Waals surface area contributed by atoms with Crippen LogP contribution in [0.3, 0.4) is 0 Å². The van der Waals surface area contributed by atoms with Gasteiger partial charge in [-0.3, -0.25) is 4.79 Å². The number of nitrogens with one attached hydrogen (secondary N) is 1. The molecule has 23 heavy (non-hydrogen) atoms. The molecule has 1 aliphatic carbocycles. The quantitative estimate of drug-likeness (QED) is 0.663. The van der Waals surface area contributed by atoms with Crippen LogP contribution in [-0.2, 0) is 6.42 Å². The minimum absolute atomic E-state index is 0.0497. The SMILES string of the molecule is C=CCSc1ncccc1C(=O)NC1CCCc2ccccc21. The van der Waals surface area contributed by atoms with Crippen LogP contribution in [-0.4, -0.2) is 16.6 Å². The zero-order chi connectivity index (χ0) is 16.1. The first kappa shape index (κ1) is 15.8. The molecule has 0 bridgehead atoms. The maximum Gasteiger partial charge on any atom is 0.254 e. The summed E-state index contributed by atoms with van der Waals surface area (Å²) in [7, 11) is 0. The van der Waals surface area contributed by atoms with Crippen LogP contribution in [0.25, 0.3) is 0 Å². The van der Waals surface area contributed by atoms with E-state index >= 15 is 0 Å². The Hall–Kier alpha value is -2.07. The second kappa shape index (κ2) is 7.47. The van der Waals surface area contributed by atoms with Gasteiger partial charge in [0.1, 0.15) is 5.03 Å². The summed E-state index contributed by atoms with van der Waals surface area (Å²) in [5, 5.41) is 3.95. The molecule has 3 nitrogen and oxygen atoms in total. The van der Waals surface area contributed by atoms with Crippen molar-refractivity contribution in [2.24, 2.45) is 0 Å². The molecule has 0 saturated heterocycles. The smallest absolute Gasteiger partial charge is 0.254 e. The average Bonchev–Trinajstić information content (AvgIpc) is 2.60. The van der Waals surface area contributed by atoms with Crippen molar-refractivity contribution in [2.45, 2.75) is 30.3 Å². The number of amides is 1. The van der Waals surface area contributed by atoms with E-state index in [1.807, 2.05) is 24.3 Å². The summed E-state index contributed by atoms with van der Waals surface area (Å²) in [6.45, 7) is 3.72. The van der Waals surface area contributed by atoms with Gasteiger partial charge in [-0.15, -0.1) is 18.3 Å². The Kier molecular flexibility index (Phi) is 5.13. The largest absolute Gasteiger partial charge is 0.345 e. The molecule has 0 aliphatic heterocycles. The van der Waals surface area contributed by atoms with Gasteiger partial charge in [0, 0.05) is 11.9 Å². The van der Waals surface area contributed by atoms with Gasteiger partial charge >= 0.3 is 0 Å². The van der Waals surface area contributed by atoms with Gasteiger partial charge in [0.25, 0.3) is 5.91 Å². The van der Waals surface area contributed by atoms with Crippen molar-refractivity contribution in [3.8, 4) is 0 Å². The van der Waals surface area contributed by atoms with Gasteiger partial charge in [0.05, 0.1) is 11.6 Å². The molecule has 4 heteroatoms. The molecule has 3 rings (SSSR count). The minimum atomic E-state index is -0.0497. The first-order valence-electron chi connectivity index (χ1n) is 7.87. The molecule has 0 saturated carbocycles. The molecule has 0 radical (unpaired) electrons. The van der Waals surface area contributed by atoms with E-state index < -0.39 is 0 Å². The number of carbonyl (C=O) groups excluding carboxylic acids is 1. The molecule has 1 unspecified atom stereocenters. The Labute approximate surface area is 141 Å². The standard InChI is InChI=1S/C19H20N2OS/c1-2-13-23-19-16(10-6-12-20-19)18(22)21-17-11-5-8-14-7-3-4-9-15(14)17/h2-4,6-7,9-10,12,17H,1,5,8,11,13H2,(H,21,22). The van der Waals surface area contributed by atoms with E-state index in [0.717, 1.165) is 30.0 Å². The molecule has 0 fully saturated rings. The van der Waals surface area contributed by atoms with Gasteiger partial charge in [-0.05, 0) is 42.5 Å². The van der Waals surface area contributed by atoms with Gasteiger partial charge in [0.15, 0.2) is 0 Å². The van der Waals surface area contributed by atoms with Gasteiger partial charge < -0.3 is 5.32 Å². The van der Waals surface area contributed by atoms with E-state index in [1.54, 1.807) is 6.20 Å². The first-order chi connectivity index (χ1) is 11.3. The van der Waals surface area contributed by atoms with Gasteiger partial charge in [0.2, 0.25) is 0 Å². The molecular formula is C19H20N2OS. The molecule has 1 aromatic heterocycles. The highest BCUT2D eigenvalue weighted by Crippen LogP contribution is 2.30. The molecule has 118 valence electrons. The molecule has 1 N–H and O–H groups in total. The van der Waals surface area contributed by atoms with Crippen LogP contribution in [0.4, 0.5) is 0 Å². The Morgan fingerprint density at radius 3 is 3.09 bits per heavy atom. The third-order valence-electron chi connectivity index (χ3n) is 4.03. The highest BCUT2D eigenvalue weighted by atomic mass is 32.2. The number of aryl methyl sites for hydroxylation is 1. The number of aromatic nitrogens is 1. The summed E-state index contributed by atoms with van der Waals surface area (Å²) in [6.07, 6.45) is 6.72. The number of benzene rings is 1. The number of hydrogen-bond donors (Lipinski definition) is 1. The lowest BCUT2D eigenvalue weighted by molar-refractivity contribution is 0.0929. The topological polar surface area (TPSA) is 42.0 Å². The van der Waals surface area contributed by atoms with Crippen LogP contribution in [0.5, 0.6) is 0 Å². The fourth-order valence-corrected chi connectivity index (χ4v) is 3.68. The molecule has 1 aromatic carbocycles. The normalized spacial score (nSPS) is 16.4. The lowest BCUT2D eigenvalue weighted by Gasteiger charge is -2.26. The lowest BCUT2D eigenvalue weighted by atomic mass is 9.87. The molecule has 0 spiro atoms. The summed E-state index contributed by atoms with van der Waals surface area (Å²) in [6, 6.07) is 12.1. The van der Waals surface area contributed by atoms with Crippen molar-refractivity contribution >= 4 is 17.7 Å². The summed E-state index contributed by atoms with van der Waals surface area (Å²) in [5.41, 5.74) is 3.23. The number of hydrogen-bond acceptors (Lipinski definition) is 3. The van der Waals surface area contributed by atoms with Crippen LogP contribution in [0.1, 0.15) is 40.4 Å². The maximum absolute atomic E-state index is 12.7.